The number of aryl methyl sites for hydroxylation is 2. The largest absolute Gasteiger partial charge is 0.494 e. The first kappa shape index (κ1) is 11.6. The highest BCUT2D eigenvalue weighted by atomic mass is 16.5. The maximum absolute atomic E-state index is 5.55. The molecule has 2 nitrogen and oxygen atoms in total. The van der Waals surface area contributed by atoms with Crippen molar-refractivity contribution in [2.45, 2.75) is 13.8 Å². The van der Waals surface area contributed by atoms with Crippen LogP contribution in [-0.4, -0.2) is 6.61 Å². The van der Waals surface area contributed by atoms with Gasteiger partial charge in [0.15, 0.2) is 6.20 Å². The summed E-state index contributed by atoms with van der Waals surface area (Å²) < 4.78 is 7.68. The lowest BCUT2D eigenvalue weighted by Crippen LogP contribution is -2.30. The van der Waals surface area contributed by atoms with E-state index in [-0.39, 0.29) is 0 Å². The Morgan fingerprint density at radius 3 is 2.71 bits per heavy atom. The quantitative estimate of drug-likeness (QED) is 0.736. The summed E-state index contributed by atoms with van der Waals surface area (Å²) in [7, 11) is 2.06. The van der Waals surface area contributed by atoms with Gasteiger partial charge in [0.1, 0.15) is 12.8 Å². The second-order valence-electron chi connectivity index (χ2n) is 4.11. The van der Waals surface area contributed by atoms with Crippen LogP contribution in [0.5, 0.6) is 5.75 Å². The highest BCUT2D eigenvalue weighted by Gasteiger charge is 2.12. The third-order valence-corrected chi connectivity index (χ3v) is 2.85. The van der Waals surface area contributed by atoms with Crippen LogP contribution in [0.3, 0.4) is 0 Å². The second kappa shape index (κ2) is 5.00. The summed E-state index contributed by atoms with van der Waals surface area (Å²) in [5.41, 5.74) is 3.68. The van der Waals surface area contributed by atoms with Crippen molar-refractivity contribution in [3.8, 4) is 17.0 Å². The summed E-state index contributed by atoms with van der Waals surface area (Å²) in [6.07, 6.45) is 2.06. The summed E-state index contributed by atoms with van der Waals surface area (Å²) in [5.74, 6) is 0.928. The molecule has 0 aliphatic carbocycles. The van der Waals surface area contributed by atoms with E-state index in [1.54, 1.807) is 0 Å². The van der Waals surface area contributed by atoms with Gasteiger partial charge in [0.2, 0.25) is 5.69 Å². The fourth-order valence-corrected chi connectivity index (χ4v) is 1.94. The molecule has 2 rings (SSSR count). The van der Waals surface area contributed by atoms with Gasteiger partial charge in [-0.3, -0.25) is 0 Å². The maximum Gasteiger partial charge on any atom is 0.212 e. The van der Waals surface area contributed by atoms with Crippen LogP contribution in [0.1, 0.15) is 12.5 Å². The molecule has 0 N–H and O–H groups in total. The number of hydrogen-bond donors (Lipinski definition) is 0. The summed E-state index contributed by atoms with van der Waals surface area (Å²) in [6.45, 7) is 4.82. The maximum atomic E-state index is 5.55. The van der Waals surface area contributed by atoms with Gasteiger partial charge in [0.25, 0.3) is 0 Å². The van der Waals surface area contributed by atoms with Crippen LogP contribution in [0.15, 0.2) is 42.6 Å². The van der Waals surface area contributed by atoms with E-state index >= 15 is 0 Å². The third kappa shape index (κ3) is 2.47. The Morgan fingerprint density at radius 2 is 2.00 bits per heavy atom. The van der Waals surface area contributed by atoms with Gasteiger partial charge in [-0.25, -0.2) is 4.57 Å². The van der Waals surface area contributed by atoms with E-state index in [0.717, 1.165) is 5.75 Å². The predicted molar refractivity (Wildman–Crippen MR) is 69.0 cm³/mol. The summed E-state index contributed by atoms with van der Waals surface area (Å²) in [6, 6.07) is 12.4. The first-order valence-corrected chi connectivity index (χ1v) is 5.91. The number of nitrogens with zero attached hydrogens (tertiary/aromatic N) is 1. The van der Waals surface area contributed by atoms with E-state index < -0.39 is 0 Å². The molecular formula is C15H18NO+. The van der Waals surface area contributed by atoms with E-state index in [0.29, 0.717) is 6.61 Å². The lowest BCUT2D eigenvalue weighted by Gasteiger charge is -2.08. The number of rotatable bonds is 3. The minimum Gasteiger partial charge on any atom is -0.494 e. The lowest BCUT2D eigenvalue weighted by molar-refractivity contribution is -0.660. The van der Waals surface area contributed by atoms with E-state index in [9.17, 15) is 0 Å². The smallest absolute Gasteiger partial charge is 0.212 e. The van der Waals surface area contributed by atoms with Crippen molar-refractivity contribution in [3.63, 3.8) is 0 Å². The molecule has 0 aliphatic heterocycles. The first-order valence-electron chi connectivity index (χ1n) is 5.91. The predicted octanol–water partition coefficient (Wildman–Crippen LogP) is 2.89. The van der Waals surface area contributed by atoms with Crippen molar-refractivity contribution in [2.75, 3.05) is 6.61 Å². The van der Waals surface area contributed by atoms with Gasteiger partial charge < -0.3 is 4.74 Å². The monoisotopic (exact) mass is 228 g/mol. The Labute approximate surface area is 102 Å². The van der Waals surface area contributed by atoms with Crippen molar-refractivity contribution in [1.29, 1.82) is 0 Å². The van der Waals surface area contributed by atoms with E-state index in [4.69, 9.17) is 4.74 Å². The SMILES string of the molecule is CCOc1ccc(C)c(-c2cccc[n+]2C)c1. The summed E-state index contributed by atoms with van der Waals surface area (Å²) in [5, 5.41) is 0. The van der Waals surface area contributed by atoms with Crippen molar-refractivity contribution in [1.82, 2.24) is 0 Å². The van der Waals surface area contributed by atoms with Crippen molar-refractivity contribution in [3.05, 3.63) is 48.2 Å². The van der Waals surface area contributed by atoms with Crippen LogP contribution in [0.4, 0.5) is 0 Å². The summed E-state index contributed by atoms with van der Waals surface area (Å²) in [4.78, 5) is 0. The van der Waals surface area contributed by atoms with Gasteiger partial charge in [-0.2, -0.15) is 0 Å². The number of hydrogen-bond acceptors (Lipinski definition) is 1. The molecule has 0 aliphatic rings. The fraction of sp³-hybridized carbons (Fsp3) is 0.267. The van der Waals surface area contributed by atoms with Crippen molar-refractivity contribution < 1.29 is 9.30 Å². The topological polar surface area (TPSA) is 13.1 Å². The third-order valence-electron chi connectivity index (χ3n) is 2.85. The van der Waals surface area contributed by atoms with Crippen LogP contribution in [-0.2, 0) is 7.05 Å². The highest BCUT2D eigenvalue weighted by Crippen LogP contribution is 2.25. The first-order chi connectivity index (χ1) is 8.22. The fourth-order valence-electron chi connectivity index (χ4n) is 1.94. The molecule has 88 valence electrons. The van der Waals surface area contributed by atoms with E-state index in [1.165, 1.54) is 16.8 Å². The van der Waals surface area contributed by atoms with E-state index in [2.05, 4.69) is 49.0 Å². The molecule has 2 aromatic rings. The second-order valence-corrected chi connectivity index (χ2v) is 4.11. The molecule has 0 unspecified atom stereocenters. The van der Waals surface area contributed by atoms with E-state index in [1.807, 2.05) is 19.1 Å². The minimum absolute atomic E-state index is 0.698. The van der Waals surface area contributed by atoms with Gasteiger partial charge >= 0.3 is 0 Å². The van der Waals surface area contributed by atoms with Crippen LogP contribution < -0.4 is 9.30 Å². The molecule has 0 saturated heterocycles. The molecule has 0 saturated carbocycles. The lowest BCUT2D eigenvalue weighted by atomic mass is 10.0. The molecule has 0 radical (unpaired) electrons. The van der Waals surface area contributed by atoms with Crippen molar-refractivity contribution in [2.24, 2.45) is 7.05 Å². The average molecular weight is 228 g/mol. The Balaban J connectivity index is 2.51. The number of pyridine rings is 1. The zero-order chi connectivity index (χ0) is 12.3. The van der Waals surface area contributed by atoms with Gasteiger partial charge in [-0.1, -0.05) is 6.07 Å². The Morgan fingerprint density at radius 1 is 1.18 bits per heavy atom. The molecule has 1 heterocycles. The number of benzene rings is 1. The molecule has 2 heteroatoms. The highest BCUT2D eigenvalue weighted by molar-refractivity contribution is 5.63. The van der Waals surface area contributed by atoms with Crippen LogP contribution in [0.25, 0.3) is 11.3 Å². The van der Waals surface area contributed by atoms with Gasteiger partial charge in [-0.15, -0.1) is 0 Å². The number of ether oxygens (including phenoxy) is 1. The van der Waals surface area contributed by atoms with Crippen LogP contribution in [0, 0.1) is 6.92 Å². The molecule has 17 heavy (non-hydrogen) atoms. The zero-order valence-corrected chi connectivity index (χ0v) is 10.6. The van der Waals surface area contributed by atoms with Crippen molar-refractivity contribution >= 4 is 0 Å². The minimum atomic E-state index is 0.698. The molecule has 0 atom stereocenters. The normalized spacial score (nSPS) is 10.3. The molecule has 0 bridgehead atoms. The molecule has 0 amide bonds. The number of aromatic nitrogens is 1. The molecule has 1 aromatic heterocycles. The molecule has 0 fully saturated rings. The average Bonchev–Trinajstić information content (AvgIpc) is 2.33. The molecule has 1 aromatic carbocycles. The summed E-state index contributed by atoms with van der Waals surface area (Å²) >= 11 is 0. The molecular weight excluding hydrogens is 210 g/mol. The Kier molecular flexibility index (Phi) is 3.43. The van der Waals surface area contributed by atoms with Gasteiger partial charge in [-0.05, 0) is 37.6 Å². The Bertz CT molecular complexity index is 520. The van der Waals surface area contributed by atoms with Gasteiger partial charge in [0.05, 0.1) is 12.2 Å². The molecule has 0 spiro atoms. The Hall–Kier alpha value is -1.83. The standard InChI is InChI=1S/C15H18NO/c1-4-17-13-9-8-12(2)14(11-13)15-7-5-6-10-16(15)3/h5-11H,4H2,1-3H3/q+1. The van der Waals surface area contributed by atoms with Gasteiger partial charge in [0, 0.05) is 12.1 Å². The van der Waals surface area contributed by atoms with Crippen LogP contribution >= 0.6 is 0 Å². The zero-order valence-electron chi connectivity index (χ0n) is 10.6. The van der Waals surface area contributed by atoms with Crippen LogP contribution in [0.2, 0.25) is 0 Å².